The summed E-state index contributed by atoms with van der Waals surface area (Å²) in [4.78, 5) is 20.5. The van der Waals surface area contributed by atoms with Gasteiger partial charge in [0.1, 0.15) is 4.88 Å². The van der Waals surface area contributed by atoms with E-state index in [9.17, 15) is 4.79 Å². The maximum Gasteiger partial charge on any atom is 0.267 e. The molecule has 30 heavy (non-hydrogen) atoms. The zero-order valence-electron chi connectivity index (χ0n) is 17.3. The number of pyridine rings is 1. The number of rotatable bonds is 5. The maximum atomic E-state index is 13.0. The van der Waals surface area contributed by atoms with E-state index in [1.807, 2.05) is 36.9 Å². The highest BCUT2D eigenvalue weighted by Crippen LogP contribution is 2.29. The number of nitrogens with zero attached hydrogens (tertiary/aromatic N) is 4. The Morgan fingerprint density at radius 1 is 1.27 bits per heavy atom. The van der Waals surface area contributed by atoms with Gasteiger partial charge in [-0.15, -0.1) is 5.10 Å². The first-order valence-electron chi connectivity index (χ1n) is 10.4. The Balaban J connectivity index is 1.53. The van der Waals surface area contributed by atoms with Crippen LogP contribution in [0, 0.1) is 6.92 Å². The first kappa shape index (κ1) is 20.9. The molecule has 1 fully saturated rings. The Hall–Kier alpha value is -2.31. The van der Waals surface area contributed by atoms with Gasteiger partial charge >= 0.3 is 0 Å². The summed E-state index contributed by atoms with van der Waals surface area (Å²) in [5, 5.41) is 4.85. The van der Waals surface area contributed by atoms with E-state index in [1.165, 1.54) is 22.7 Å². The molecule has 1 aliphatic rings. The topological polar surface area (TPSA) is 59.0 Å². The fraction of sp³-hybridized carbons (Fsp3) is 0.391. The molecular weight excluding hydrogens is 416 g/mol. The summed E-state index contributed by atoms with van der Waals surface area (Å²) in [7, 11) is 0. The second kappa shape index (κ2) is 9.23. The van der Waals surface area contributed by atoms with Crippen LogP contribution in [0.15, 0.2) is 36.4 Å². The first-order chi connectivity index (χ1) is 14.5. The highest BCUT2D eigenvalue weighted by Gasteiger charge is 2.29. The number of amides is 1. The van der Waals surface area contributed by atoms with E-state index < -0.39 is 0 Å². The van der Waals surface area contributed by atoms with Crippen molar-refractivity contribution in [1.29, 1.82) is 0 Å². The lowest BCUT2D eigenvalue weighted by molar-refractivity contribution is 0.0709. The van der Waals surface area contributed by atoms with Crippen molar-refractivity contribution >= 4 is 29.0 Å². The number of likely N-dealkylation sites (tertiary alicyclic amines) is 1. The summed E-state index contributed by atoms with van der Waals surface area (Å²) in [5.74, 6) is 0.296. The largest absolute Gasteiger partial charge is 0.337 e. The normalized spacial score (nSPS) is 16.6. The van der Waals surface area contributed by atoms with Gasteiger partial charge in [0, 0.05) is 35.4 Å². The van der Waals surface area contributed by atoms with Crippen LogP contribution in [0.4, 0.5) is 0 Å². The molecule has 4 rings (SSSR count). The number of carbonyl (C=O) groups excluding carboxylic acids is 1. The Morgan fingerprint density at radius 2 is 2.13 bits per heavy atom. The van der Waals surface area contributed by atoms with Gasteiger partial charge in [-0.1, -0.05) is 35.1 Å². The van der Waals surface area contributed by atoms with Crippen LogP contribution >= 0.6 is 23.1 Å². The zero-order chi connectivity index (χ0) is 21.1. The van der Waals surface area contributed by atoms with E-state index >= 15 is 0 Å². The predicted molar refractivity (Wildman–Crippen MR) is 120 cm³/mol. The molecule has 156 valence electrons. The summed E-state index contributed by atoms with van der Waals surface area (Å²) in [5.41, 5.74) is 5.28. The van der Waals surface area contributed by atoms with Crippen LogP contribution in [-0.2, 0) is 12.8 Å². The van der Waals surface area contributed by atoms with E-state index in [-0.39, 0.29) is 11.8 Å². The molecule has 5 nitrogen and oxygen atoms in total. The van der Waals surface area contributed by atoms with Crippen molar-refractivity contribution in [3.05, 3.63) is 74.5 Å². The molecule has 0 radical (unpaired) electrons. The molecule has 0 saturated carbocycles. The Morgan fingerprint density at radius 3 is 2.93 bits per heavy atom. The lowest BCUT2D eigenvalue weighted by Crippen LogP contribution is -2.39. The Kier molecular flexibility index (Phi) is 6.44. The molecule has 0 aliphatic carbocycles. The molecule has 1 saturated heterocycles. The van der Waals surface area contributed by atoms with Crippen LogP contribution in [-0.4, -0.2) is 38.5 Å². The zero-order valence-corrected chi connectivity index (χ0v) is 18.8. The van der Waals surface area contributed by atoms with Gasteiger partial charge in [-0.3, -0.25) is 9.78 Å². The number of halogens is 1. The molecule has 0 spiro atoms. The second-order valence-electron chi connectivity index (χ2n) is 7.84. The Labute approximate surface area is 186 Å². The van der Waals surface area contributed by atoms with Crippen LogP contribution < -0.4 is 0 Å². The summed E-state index contributed by atoms with van der Waals surface area (Å²) >= 11 is 7.35. The van der Waals surface area contributed by atoms with Gasteiger partial charge in [0.2, 0.25) is 0 Å². The SMILES string of the molecule is CCc1nnsc1C(=O)N1CCCC(c2cc(Cc3cccc(Cl)c3)cc(C)n2)C1. The minimum absolute atomic E-state index is 0.0540. The van der Waals surface area contributed by atoms with Gasteiger partial charge in [0.25, 0.3) is 5.91 Å². The van der Waals surface area contributed by atoms with E-state index in [4.69, 9.17) is 16.6 Å². The van der Waals surface area contributed by atoms with E-state index in [0.717, 1.165) is 54.3 Å². The van der Waals surface area contributed by atoms with Crippen molar-refractivity contribution in [3.63, 3.8) is 0 Å². The molecule has 1 amide bonds. The van der Waals surface area contributed by atoms with Gasteiger partial charge < -0.3 is 4.90 Å². The van der Waals surface area contributed by atoms with E-state index in [1.54, 1.807) is 0 Å². The van der Waals surface area contributed by atoms with Crippen LogP contribution in [0.1, 0.15) is 63.6 Å². The molecule has 7 heteroatoms. The molecule has 0 N–H and O–H groups in total. The van der Waals surface area contributed by atoms with Crippen molar-refractivity contribution in [2.45, 2.75) is 45.4 Å². The van der Waals surface area contributed by atoms with Crippen LogP contribution in [0.5, 0.6) is 0 Å². The summed E-state index contributed by atoms with van der Waals surface area (Å²) < 4.78 is 3.98. The third-order valence-corrected chi connectivity index (χ3v) is 6.53. The highest BCUT2D eigenvalue weighted by atomic mass is 35.5. The van der Waals surface area contributed by atoms with E-state index in [2.05, 4.69) is 27.8 Å². The maximum absolute atomic E-state index is 13.0. The first-order valence-corrected chi connectivity index (χ1v) is 11.5. The second-order valence-corrected chi connectivity index (χ2v) is 9.03. The van der Waals surface area contributed by atoms with Crippen molar-refractivity contribution in [2.24, 2.45) is 0 Å². The molecule has 1 unspecified atom stereocenters. The van der Waals surface area contributed by atoms with E-state index in [0.29, 0.717) is 11.4 Å². The highest BCUT2D eigenvalue weighted by molar-refractivity contribution is 7.08. The number of hydrogen-bond acceptors (Lipinski definition) is 5. The smallest absolute Gasteiger partial charge is 0.267 e. The van der Waals surface area contributed by atoms with Gasteiger partial charge in [-0.2, -0.15) is 0 Å². The van der Waals surface area contributed by atoms with Gasteiger partial charge in [-0.25, -0.2) is 0 Å². The number of aryl methyl sites for hydroxylation is 2. The summed E-state index contributed by atoms with van der Waals surface area (Å²) in [6.07, 6.45) is 3.56. The standard InChI is InChI=1S/C23H25ClN4OS/c1-3-20-22(30-27-26-20)23(29)28-9-5-7-18(14-28)21-13-17(10-15(2)25-21)11-16-6-4-8-19(24)12-16/h4,6,8,10,12-13,18H,3,5,7,9,11,14H2,1-2H3. The number of benzene rings is 1. The molecule has 2 aromatic heterocycles. The molecule has 3 aromatic rings. The Bertz CT molecular complexity index is 1050. The minimum Gasteiger partial charge on any atom is -0.337 e. The fourth-order valence-corrected chi connectivity index (χ4v) is 5.04. The van der Waals surface area contributed by atoms with Crippen molar-refractivity contribution in [3.8, 4) is 0 Å². The van der Waals surface area contributed by atoms with Crippen LogP contribution in [0.2, 0.25) is 5.02 Å². The quantitative estimate of drug-likeness (QED) is 0.555. The molecule has 3 heterocycles. The van der Waals surface area contributed by atoms with Gasteiger partial charge in [0.15, 0.2) is 0 Å². The average Bonchev–Trinajstić information content (AvgIpc) is 3.22. The summed E-state index contributed by atoms with van der Waals surface area (Å²) in [6, 6.07) is 12.3. The molecule has 1 aromatic carbocycles. The van der Waals surface area contributed by atoms with Gasteiger partial charge in [0.05, 0.1) is 5.69 Å². The predicted octanol–water partition coefficient (Wildman–Crippen LogP) is 5.07. The lowest BCUT2D eigenvalue weighted by atomic mass is 9.92. The number of piperidine rings is 1. The van der Waals surface area contributed by atoms with Crippen molar-refractivity contribution in [1.82, 2.24) is 19.5 Å². The van der Waals surface area contributed by atoms with Crippen LogP contribution in [0.25, 0.3) is 0 Å². The van der Waals surface area contributed by atoms with Crippen LogP contribution in [0.3, 0.4) is 0 Å². The monoisotopic (exact) mass is 440 g/mol. The number of carbonyl (C=O) groups is 1. The third kappa shape index (κ3) is 4.71. The van der Waals surface area contributed by atoms with Gasteiger partial charge in [-0.05, 0) is 79.5 Å². The van der Waals surface area contributed by atoms with Crippen molar-refractivity contribution in [2.75, 3.05) is 13.1 Å². The fourth-order valence-electron chi connectivity index (χ4n) is 4.11. The molecular formula is C23H25ClN4OS. The molecule has 0 bridgehead atoms. The average molecular weight is 441 g/mol. The summed E-state index contributed by atoms with van der Waals surface area (Å²) in [6.45, 7) is 5.50. The molecule has 1 aliphatic heterocycles. The molecule has 1 atom stereocenters. The number of hydrogen-bond donors (Lipinski definition) is 0. The van der Waals surface area contributed by atoms with Crippen molar-refractivity contribution < 1.29 is 4.79 Å². The lowest BCUT2D eigenvalue weighted by Gasteiger charge is -2.32. The minimum atomic E-state index is 0.0540. The third-order valence-electron chi connectivity index (χ3n) is 5.54. The number of aromatic nitrogens is 3.